The highest BCUT2D eigenvalue weighted by Crippen LogP contribution is 2.48. The predicted octanol–water partition coefficient (Wildman–Crippen LogP) is 5.89. The summed E-state index contributed by atoms with van der Waals surface area (Å²) >= 11 is 6.49. The molecule has 0 aliphatic carbocycles. The van der Waals surface area contributed by atoms with E-state index in [1.54, 1.807) is 0 Å². The van der Waals surface area contributed by atoms with Gasteiger partial charge in [0, 0.05) is 22.6 Å². The molecule has 27 heavy (non-hydrogen) atoms. The Balaban J connectivity index is 1.61. The molecule has 2 aliphatic rings. The van der Waals surface area contributed by atoms with Gasteiger partial charge in [-0.05, 0) is 24.6 Å². The molecule has 0 radical (unpaired) electrons. The summed E-state index contributed by atoms with van der Waals surface area (Å²) in [4.78, 5) is 0. The molecule has 2 atom stereocenters. The molecule has 0 unspecified atom stereocenters. The van der Waals surface area contributed by atoms with Crippen molar-refractivity contribution in [3.63, 3.8) is 0 Å². The Morgan fingerprint density at radius 1 is 0.926 bits per heavy atom. The Hall–Kier alpha value is -2.78. The van der Waals surface area contributed by atoms with E-state index in [4.69, 9.17) is 21.4 Å². The fraction of sp³-hybridized carbons (Fsp3) is 0.174. The van der Waals surface area contributed by atoms with Gasteiger partial charge in [-0.3, -0.25) is 0 Å². The summed E-state index contributed by atoms with van der Waals surface area (Å²) in [6.07, 6.45) is 0.520. The number of hydrogen-bond donors (Lipinski definition) is 0. The molecule has 3 aromatic carbocycles. The van der Waals surface area contributed by atoms with Gasteiger partial charge in [-0.2, -0.15) is 5.10 Å². The fourth-order valence-electron chi connectivity index (χ4n) is 3.84. The van der Waals surface area contributed by atoms with Gasteiger partial charge in [0.15, 0.2) is 0 Å². The third-order valence-electron chi connectivity index (χ3n) is 5.26. The van der Waals surface area contributed by atoms with Crippen molar-refractivity contribution in [3.8, 4) is 5.75 Å². The van der Waals surface area contributed by atoms with Crippen molar-refractivity contribution in [1.82, 2.24) is 5.01 Å². The summed E-state index contributed by atoms with van der Waals surface area (Å²) in [5, 5.41) is 7.74. The summed E-state index contributed by atoms with van der Waals surface area (Å²) in [7, 11) is 0. The van der Waals surface area contributed by atoms with E-state index >= 15 is 0 Å². The minimum Gasteiger partial charge on any atom is -0.464 e. The lowest BCUT2D eigenvalue weighted by molar-refractivity contribution is -0.0189. The van der Waals surface area contributed by atoms with Gasteiger partial charge < -0.3 is 4.74 Å². The topological polar surface area (TPSA) is 24.8 Å². The summed E-state index contributed by atoms with van der Waals surface area (Å²) in [6.45, 7) is 2.10. The maximum Gasteiger partial charge on any atom is 0.215 e. The molecule has 0 aromatic heterocycles. The van der Waals surface area contributed by atoms with Crippen LogP contribution in [0.3, 0.4) is 0 Å². The van der Waals surface area contributed by atoms with E-state index in [1.807, 2.05) is 36.4 Å². The number of rotatable bonds is 2. The number of ether oxygens (including phenoxy) is 1. The molecule has 5 rings (SSSR count). The first-order chi connectivity index (χ1) is 13.2. The summed E-state index contributed by atoms with van der Waals surface area (Å²) in [6, 6.07) is 24.7. The number of aryl methyl sites for hydroxylation is 1. The lowest BCUT2D eigenvalue weighted by atomic mass is 9.95. The molecule has 0 saturated heterocycles. The quantitative estimate of drug-likeness (QED) is 0.558. The Morgan fingerprint density at radius 3 is 2.41 bits per heavy atom. The van der Waals surface area contributed by atoms with Gasteiger partial charge in [-0.25, -0.2) is 5.01 Å². The molecule has 2 heterocycles. The molecule has 0 fully saturated rings. The van der Waals surface area contributed by atoms with Crippen molar-refractivity contribution in [2.75, 3.05) is 0 Å². The van der Waals surface area contributed by atoms with Crippen LogP contribution < -0.4 is 4.74 Å². The van der Waals surface area contributed by atoms with E-state index in [0.29, 0.717) is 5.02 Å². The smallest absolute Gasteiger partial charge is 0.215 e. The maximum atomic E-state index is 6.49. The van der Waals surface area contributed by atoms with E-state index in [-0.39, 0.29) is 12.3 Å². The third kappa shape index (κ3) is 2.79. The van der Waals surface area contributed by atoms with E-state index in [1.165, 1.54) is 11.1 Å². The van der Waals surface area contributed by atoms with Crippen LogP contribution in [0.25, 0.3) is 0 Å². The maximum absolute atomic E-state index is 6.49. The van der Waals surface area contributed by atoms with Gasteiger partial charge >= 0.3 is 0 Å². The standard InChI is InChI=1S/C23H19ClN2O/c1-15-10-12-16(13-11-15)20-14-21-18-7-3-5-9-22(18)27-23(26(21)25-20)17-6-2-4-8-19(17)24/h2-13,21,23H,14H2,1H3/t21-,23+/m1/s1. The largest absolute Gasteiger partial charge is 0.464 e. The zero-order valence-electron chi connectivity index (χ0n) is 15.0. The molecule has 3 aromatic rings. The number of nitrogens with zero attached hydrogens (tertiary/aromatic N) is 2. The molecule has 0 bridgehead atoms. The molecular formula is C23H19ClN2O. The number of para-hydroxylation sites is 1. The van der Waals surface area contributed by atoms with E-state index in [0.717, 1.165) is 29.0 Å². The number of benzene rings is 3. The van der Waals surface area contributed by atoms with Gasteiger partial charge in [0.2, 0.25) is 6.23 Å². The van der Waals surface area contributed by atoms with Crippen molar-refractivity contribution in [2.24, 2.45) is 5.10 Å². The van der Waals surface area contributed by atoms with Crippen LogP contribution in [0.1, 0.15) is 40.9 Å². The molecule has 0 amide bonds. The lowest BCUT2D eigenvalue weighted by Crippen LogP contribution is -2.33. The Kier molecular flexibility index (Phi) is 3.91. The first-order valence-electron chi connectivity index (χ1n) is 9.13. The van der Waals surface area contributed by atoms with Crippen molar-refractivity contribution in [1.29, 1.82) is 0 Å². The minimum absolute atomic E-state index is 0.146. The normalized spacial score (nSPS) is 20.5. The highest BCUT2D eigenvalue weighted by atomic mass is 35.5. The van der Waals surface area contributed by atoms with Gasteiger partial charge in [-0.1, -0.05) is 77.8 Å². The number of hydrazone groups is 1. The molecule has 4 heteroatoms. The van der Waals surface area contributed by atoms with Crippen LogP contribution in [0.5, 0.6) is 5.75 Å². The summed E-state index contributed by atoms with van der Waals surface area (Å²) in [5.41, 5.74) is 5.60. The average Bonchev–Trinajstić information content (AvgIpc) is 3.14. The fourth-order valence-corrected chi connectivity index (χ4v) is 4.06. The van der Waals surface area contributed by atoms with E-state index < -0.39 is 0 Å². The minimum atomic E-state index is -0.332. The van der Waals surface area contributed by atoms with E-state index in [9.17, 15) is 0 Å². The van der Waals surface area contributed by atoms with Gasteiger partial charge in [0.1, 0.15) is 5.75 Å². The molecule has 134 valence electrons. The van der Waals surface area contributed by atoms with Gasteiger partial charge in [0.05, 0.1) is 11.8 Å². The monoisotopic (exact) mass is 374 g/mol. The van der Waals surface area contributed by atoms with Crippen molar-refractivity contribution in [2.45, 2.75) is 25.6 Å². The van der Waals surface area contributed by atoms with Crippen LogP contribution in [0.2, 0.25) is 5.02 Å². The summed E-state index contributed by atoms with van der Waals surface area (Å²) < 4.78 is 6.35. The number of fused-ring (bicyclic) bond motifs is 3. The van der Waals surface area contributed by atoms with E-state index in [2.05, 4.69) is 48.3 Å². The molecule has 2 aliphatic heterocycles. The molecule has 0 spiro atoms. The Bertz CT molecular complexity index is 1030. The van der Waals surface area contributed by atoms with Gasteiger partial charge in [-0.15, -0.1) is 0 Å². The zero-order valence-corrected chi connectivity index (χ0v) is 15.7. The molecular weight excluding hydrogens is 356 g/mol. The molecule has 0 saturated carbocycles. The molecule has 0 N–H and O–H groups in total. The first-order valence-corrected chi connectivity index (χ1v) is 9.51. The number of halogens is 1. The van der Waals surface area contributed by atoms with Gasteiger partial charge in [0.25, 0.3) is 0 Å². The Labute approximate surface area is 163 Å². The highest BCUT2D eigenvalue weighted by Gasteiger charge is 2.41. The van der Waals surface area contributed by atoms with Crippen LogP contribution in [-0.4, -0.2) is 10.7 Å². The van der Waals surface area contributed by atoms with Crippen LogP contribution in [-0.2, 0) is 0 Å². The second-order valence-electron chi connectivity index (χ2n) is 7.04. The van der Waals surface area contributed by atoms with Crippen molar-refractivity contribution < 1.29 is 4.74 Å². The third-order valence-corrected chi connectivity index (χ3v) is 5.60. The van der Waals surface area contributed by atoms with Crippen LogP contribution >= 0.6 is 11.6 Å². The average molecular weight is 375 g/mol. The van der Waals surface area contributed by atoms with Crippen molar-refractivity contribution >= 4 is 17.3 Å². The summed E-state index contributed by atoms with van der Waals surface area (Å²) in [5.74, 6) is 0.907. The SMILES string of the molecule is Cc1ccc(C2=NN3[C@H](C2)c2ccccc2O[C@H]3c2ccccc2Cl)cc1. The van der Waals surface area contributed by atoms with Crippen LogP contribution in [0.15, 0.2) is 77.9 Å². The highest BCUT2D eigenvalue weighted by molar-refractivity contribution is 6.31. The first kappa shape index (κ1) is 16.4. The van der Waals surface area contributed by atoms with Crippen LogP contribution in [0.4, 0.5) is 0 Å². The van der Waals surface area contributed by atoms with Crippen molar-refractivity contribution in [3.05, 3.63) is 100 Å². The second-order valence-corrected chi connectivity index (χ2v) is 7.45. The number of hydrogen-bond acceptors (Lipinski definition) is 3. The van der Waals surface area contributed by atoms with Crippen LogP contribution in [0, 0.1) is 6.92 Å². The second kappa shape index (κ2) is 6.43. The zero-order chi connectivity index (χ0) is 18.4. The Morgan fingerprint density at radius 2 is 1.63 bits per heavy atom. The molecule has 3 nitrogen and oxygen atoms in total. The predicted molar refractivity (Wildman–Crippen MR) is 108 cm³/mol. The lowest BCUT2D eigenvalue weighted by Gasteiger charge is -2.38.